The number of aromatic nitrogens is 3. The lowest BCUT2D eigenvalue weighted by Gasteiger charge is -2.27. The summed E-state index contributed by atoms with van der Waals surface area (Å²) in [6, 6.07) is 4.79. The van der Waals surface area contributed by atoms with Gasteiger partial charge in [0.1, 0.15) is 11.5 Å². The second-order valence-corrected chi connectivity index (χ2v) is 4.61. The third-order valence-electron chi connectivity index (χ3n) is 3.23. The Morgan fingerprint density at radius 3 is 3.05 bits per heavy atom. The fraction of sp³-hybridized carbons (Fsp3) is 0.308. The molecule has 1 amide bonds. The molecule has 1 aliphatic rings. The highest BCUT2D eigenvalue weighted by molar-refractivity contribution is 5.92. The molecule has 20 heavy (non-hydrogen) atoms. The summed E-state index contributed by atoms with van der Waals surface area (Å²) in [5.41, 5.74) is 0.539. The quantitative estimate of drug-likeness (QED) is 0.852. The SMILES string of the molecule is O=C(NCc1ncccc1F)c1ccn(C2CNC2)n1. The molecule has 2 aromatic heterocycles. The van der Waals surface area contributed by atoms with Crippen LogP contribution in [0.4, 0.5) is 4.39 Å². The van der Waals surface area contributed by atoms with Crippen LogP contribution in [0.3, 0.4) is 0 Å². The van der Waals surface area contributed by atoms with Crippen molar-refractivity contribution in [3.05, 3.63) is 47.8 Å². The van der Waals surface area contributed by atoms with E-state index in [0.29, 0.717) is 11.7 Å². The molecular weight excluding hydrogens is 261 g/mol. The summed E-state index contributed by atoms with van der Waals surface area (Å²) in [6.07, 6.45) is 3.27. The summed E-state index contributed by atoms with van der Waals surface area (Å²) in [7, 11) is 0. The van der Waals surface area contributed by atoms with Crippen molar-refractivity contribution in [3.63, 3.8) is 0 Å². The zero-order valence-electron chi connectivity index (χ0n) is 10.7. The monoisotopic (exact) mass is 275 g/mol. The van der Waals surface area contributed by atoms with Crippen molar-refractivity contribution in [1.82, 2.24) is 25.4 Å². The van der Waals surface area contributed by atoms with Gasteiger partial charge in [-0.25, -0.2) is 4.39 Å². The first kappa shape index (κ1) is 12.7. The lowest BCUT2D eigenvalue weighted by atomic mass is 10.2. The highest BCUT2D eigenvalue weighted by Gasteiger charge is 2.20. The van der Waals surface area contributed by atoms with Crippen molar-refractivity contribution < 1.29 is 9.18 Å². The van der Waals surface area contributed by atoms with Gasteiger partial charge >= 0.3 is 0 Å². The second kappa shape index (κ2) is 5.38. The summed E-state index contributed by atoms with van der Waals surface area (Å²) < 4.78 is 15.1. The van der Waals surface area contributed by atoms with Crippen LogP contribution in [0.1, 0.15) is 22.2 Å². The Balaban J connectivity index is 1.61. The number of nitrogens with one attached hydrogen (secondary N) is 2. The van der Waals surface area contributed by atoms with Crippen molar-refractivity contribution in [2.24, 2.45) is 0 Å². The Hall–Kier alpha value is -2.28. The van der Waals surface area contributed by atoms with Gasteiger partial charge in [0, 0.05) is 25.5 Å². The van der Waals surface area contributed by atoms with E-state index in [1.165, 1.54) is 18.3 Å². The largest absolute Gasteiger partial charge is 0.345 e. The van der Waals surface area contributed by atoms with Crippen molar-refractivity contribution >= 4 is 5.91 Å². The number of carbonyl (C=O) groups excluding carboxylic acids is 1. The minimum atomic E-state index is -0.432. The molecule has 6 nitrogen and oxygen atoms in total. The van der Waals surface area contributed by atoms with Gasteiger partial charge in [0.05, 0.1) is 18.3 Å². The normalized spacial score (nSPS) is 14.8. The predicted molar refractivity (Wildman–Crippen MR) is 69.5 cm³/mol. The van der Waals surface area contributed by atoms with Crippen LogP contribution in [-0.4, -0.2) is 33.8 Å². The minimum absolute atomic E-state index is 0.0450. The van der Waals surface area contributed by atoms with E-state index in [1.807, 2.05) is 0 Å². The molecule has 0 spiro atoms. The first-order valence-corrected chi connectivity index (χ1v) is 6.37. The Kier molecular flexibility index (Phi) is 3.42. The summed E-state index contributed by atoms with van der Waals surface area (Å²) >= 11 is 0. The Morgan fingerprint density at radius 1 is 1.50 bits per heavy atom. The van der Waals surface area contributed by atoms with E-state index >= 15 is 0 Å². The third-order valence-corrected chi connectivity index (χ3v) is 3.23. The molecule has 0 aliphatic carbocycles. The van der Waals surface area contributed by atoms with Gasteiger partial charge in [-0.3, -0.25) is 14.5 Å². The maximum Gasteiger partial charge on any atom is 0.272 e. The number of hydrogen-bond acceptors (Lipinski definition) is 4. The summed E-state index contributed by atoms with van der Waals surface area (Å²) in [5.74, 6) is -0.764. The van der Waals surface area contributed by atoms with Crippen molar-refractivity contribution in [2.75, 3.05) is 13.1 Å². The van der Waals surface area contributed by atoms with E-state index in [4.69, 9.17) is 0 Å². The first-order chi connectivity index (χ1) is 9.74. The van der Waals surface area contributed by atoms with Crippen molar-refractivity contribution in [2.45, 2.75) is 12.6 Å². The lowest BCUT2D eigenvalue weighted by molar-refractivity contribution is 0.0943. The first-order valence-electron chi connectivity index (χ1n) is 6.37. The molecule has 2 aromatic rings. The van der Waals surface area contributed by atoms with Crippen LogP contribution in [0.25, 0.3) is 0 Å². The van der Waals surface area contributed by atoms with Gasteiger partial charge in [0.25, 0.3) is 5.91 Å². The van der Waals surface area contributed by atoms with Gasteiger partial charge in [-0.1, -0.05) is 0 Å². The number of pyridine rings is 1. The highest BCUT2D eigenvalue weighted by Crippen LogP contribution is 2.10. The molecule has 1 saturated heterocycles. The van der Waals surface area contributed by atoms with Gasteiger partial charge in [-0.2, -0.15) is 5.10 Å². The number of rotatable bonds is 4. The molecule has 0 unspecified atom stereocenters. The molecule has 3 heterocycles. The molecule has 1 fully saturated rings. The van der Waals surface area contributed by atoms with E-state index in [2.05, 4.69) is 20.7 Å². The Morgan fingerprint density at radius 2 is 2.35 bits per heavy atom. The number of nitrogens with zero attached hydrogens (tertiary/aromatic N) is 3. The molecule has 7 heteroatoms. The van der Waals surface area contributed by atoms with E-state index in [0.717, 1.165) is 13.1 Å². The molecule has 2 N–H and O–H groups in total. The Labute approximate surface area is 115 Å². The van der Waals surface area contributed by atoms with Gasteiger partial charge in [0.2, 0.25) is 0 Å². The average molecular weight is 275 g/mol. The number of carbonyl (C=O) groups is 1. The Bertz CT molecular complexity index is 623. The number of hydrogen-bond donors (Lipinski definition) is 2. The zero-order chi connectivity index (χ0) is 13.9. The van der Waals surface area contributed by atoms with Crippen molar-refractivity contribution in [3.8, 4) is 0 Å². The molecule has 3 rings (SSSR count). The van der Waals surface area contributed by atoms with Gasteiger partial charge in [0.15, 0.2) is 0 Å². The molecule has 0 atom stereocenters. The molecular formula is C13H14FN5O. The van der Waals surface area contributed by atoms with E-state index < -0.39 is 5.82 Å². The van der Waals surface area contributed by atoms with Crippen LogP contribution in [0, 0.1) is 5.82 Å². The van der Waals surface area contributed by atoms with Crippen LogP contribution in [0.15, 0.2) is 30.6 Å². The van der Waals surface area contributed by atoms with Crippen LogP contribution in [-0.2, 0) is 6.54 Å². The van der Waals surface area contributed by atoms with Gasteiger partial charge in [-0.05, 0) is 18.2 Å². The fourth-order valence-electron chi connectivity index (χ4n) is 1.93. The van der Waals surface area contributed by atoms with Crippen LogP contribution >= 0.6 is 0 Å². The highest BCUT2D eigenvalue weighted by atomic mass is 19.1. The van der Waals surface area contributed by atoms with E-state index in [9.17, 15) is 9.18 Å². The van der Waals surface area contributed by atoms with Crippen molar-refractivity contribution in [1.29, 1.82) is 0 Å². The molecule has 104 valence electrons. The fourth-order valence-corrected chi connectivity index (χ4v) is 1.93. The number of halogens is 1. The van der Waals surface area contributed by atoms with Gasteiger partial charge < -0.3 is 10.6 Å². The topological polar surface area (TPSA) is 71.8 Å². The van der Waals surface area contributed by atoms with Crippen LogP contribution < -0.4 is 10.6 Å². The smallest absolute Gasteiger partial charge is 0.272 e. The van der Waals surface area contributed by atoms with E-state index in [1.54, 1.807) is 16.9 Å². The summed E-state index contributed by atoms with van der Waals surface area (Å²) in [5, 5.41) is 9.97. The zero-order valence-corrected chi connectivity index (χ0v) is 10.7. The predicted octanol–water partition coefficient (Wildman–Crippen LogP) is 0.491. The molecule has 0 bridgehead atoms. The maximum atomic E-state index is 13.4. The van der Waals surface area contributed by atoms with Gasteiger partial charge in [-0.15, -0.1) is 0 Å². The standard InChI is InChI=1S/C13H14FN5O/c14-10-2-1-4-16-12(10)8-17-13(20)11-3-5-19(18-11)9-6-15-7-9/h1-5,9,15H,6-8H2,(H,17,20). The average Bonchev–Trinajstić information content (AvgIpc) is 2.85. The minimum Gasteiger partial charge on any atom is -0.345 e. The van der Waals surface area contributed by atoms with Crippen LogP contribution in [0.2, 0.25) is 0 Å². The molecule has 0 radical (unpaired) electrons. The second-order valence-electron chi connectivity index (χ2n) is 4.61. The third kappa shape index (κ3) is 2.53. The van der Waals surface area contributed by atoms with Crippen LogP contribution in [0.5, 0.6) is 0 Å². The summed E-state index contributed by atoms with van der Waals surface area (Å²) in [6.45, 7) is 1.77. The molecule has 0 aromatic carbocycles. The lowest BCUT2D eigenvalue weighted by Crippen LogP contribution is -2.43. The maximum absolute atomic E-state index is 13.4. The van der Waals surface area contributed by atoms with E-state index in [-0.39, 0.29) is 18.1 Å². The summed E-state index contributed by atoms with van der Waals surface area (Å²) in [4.78, 5) is 15.8. The molecule has 1 aliphatic heterocycles. The molecule has 0 saturated carbocycles. The number of amides is 1.